The molecule has 2 heterocycles. The molecule has 2 aromatic rings. The smallest absolute Gasteiger partial charge is 0.277 e. The molecule has 0 fully saturated rings. The highest BCUT2D eigenvalue weighted by atomic mass is 32.2. The number of allylic oxidation sites excluding steroid dienone is 3. The minimum absolute atomic E-state index is 0.128. The van der Waals surface area contributed by atoms with Crippen molar-refractivity contribution in [1.29, 1.82) is 0 Å². The highest BCUT2D eigenvalue weighted by Gasteiger charge is 2.46. The number of carbonyl (C=O) groups excluding carboxylic acids is 2. The van der Waals surface area contributed by atoms with E-state index in [1.807, 2.05) is 42.4 Å². The molecule has 0 radical (unpaired) electrons. The maximum absolute atomic E-state index is 13.2. The average Bonchev–Trinajstić information content (AvgIpc) is 3.36. The molecule has 164 valence electrons. The summed E-state index contributed by atoms with van der Waals surface area (Å²) in [5.41, 5.74) is 3.47. The van der Waals surface area contributed by atoms with Crippen LogP contribution in [0.5, 0.6) is 0 Å². The number of aliphatic hydroxyl groups excluding tert-OH is 1. The van der Waals surface area contributed by atoms with Gasteiger partial charge in [-0.15, -0.1) is 0 Å². The minimum Gasteiger partial charge on any atom is -0.506 e. The molecule has 1 N–H and O–H groups in total. The van der Waals surface area contributed by atoms with Crippen LogP contribution in [0.25, 0.3) is 11.6 Å². The maximum Gasteiger partial charge on any atom is 0.277 e. The number of ketones is 2. The van der Waals surface area contributed by atoms with Gasteiger partial charge in [0, 0.05) is 17.5 Å². The number of thiazole rings is 1. The van der Waals surface area contributed by atoms with Gasteiger partial charge in [0.05, 0.1) is 21.2 Å². The van der Waals surface area contributed by atoms with Gasteiger partial charge < -0.3 is 10.0 Å². The molecule has 7 heteroatoms. The normalized spacial score (nSPS) is 22.2. The third-order valence-corrected chi connectivity index (χ3v) is 8.59. The summed E-state index contributed by atoms with van der Waals surface area (Å²) in [6, 6.07) is 6.14. The molecule has 0 saturated heterocycles. The standard InChI is InChI=1S/C25H24N2O3S2/c1-5-26-15-9-7-13(3)11-17(15)31-24(26)19-21(28)20(23(30)22(19)29)25-27(6-2)16-10-8-14(4)12-18(16)32-25/h7-11,14H,5-6,12H2,1-4H3/p+1. The van der Waals surface area contributed by atoms with Crippen molar-refractivity contribution >= 4 is 52.0 Å². The lowest BCUT2D eigenvalue weighted by Crippen LogP contribution is -2.38. The number of rotatable bonds is 3. The highest BCUT2D eigenvalue weighted by molar-refractivity contribution is 8.03. The van der Waals surface area contributed by atoms with Gasteiger partial charge in [0.1, 0.15) is 12.3 Å². The zero-order chi connectivity index (χ0) is 22.7. The van der Waals surface area contributed by atoms with Crippen molar-refractivity contribution in [3.05, 3.63) is 61.8 Å². The molecule has 1 aromatic carbocycles. The molecule has 1 aliphatic heterocycles. The number of anilines is 1. The topological polar surface area (TPSA) is 61.5 Å². The van der Waals surface area contributed by atoms with E-state index in [-0.39, 0.29) is 16.9 Å². The third kappa shape index (κ3) is 3.02. The van der Waals surface area contributed by atoms with Gasteiger partial charge in [0.15, 0.2) is 5.57 Å². The first-order chi connectivity index (χ1) is 15.3. The van der Waals surface area contributed by atoms with Crippen molar-refractivity contribution in [2.24, 2.45) is 5.92 Å². The molecule has 5 rings (SSSR count). The Bertz CT molecular complexity index is 1280. The van der Waals surface area contributed by atoms with Gasteiger partial charge >= 0.3 is 0 Å². The predicted octanol–water partition coefficient (Wildman–Crippen LogP) is 4.83. The highest BCUT2D eigenvalue weighted by Crippen LogP contribution is 2.50. The fraction of sp³-hybridized carbons (Fsp3) is 0.320. The van der Waals surface area contributed by atoms with E-state index in [4.69, 9.17) is 0 Å². The first-order valence-electron chi connectivity index (χ1n) is 10.9. The van der Waals surface area contributed by atoms with Crippen molar-refractivity contribution in [3.63, 3.8) is 0 Å². The van der Waals surface area contributed by atoms with Crippen LogP contribution in [0.2, 0.25) is 0 Å². The molecule has 0 spiro atoms. The predicted molar refractivity (Wildman–Crippen MR) is 129 cm³/mol. The van der Waals surface area contributed by atoms with Crippen LogP contribution in [0.15, 0.2) is 45.5 Å². The van der Waals surface area contributed by atoms with E-state index >= 15 is 0 Å². The van der Waals surface area contributed by atoms with Crippen LogP contribution in [-0.2, 0) is 22.6 Å². The van der Waals surface area contributed by atoms with E-state index in [1.54, 1.807) is 0 Å². The van der Waals surface area contributed by atoms with E-state index in [0.29, 0.717) is 29.0 Å². The van der Waals surface area contributed by atoms with Crippen molar-refractivity contribution < 1.29 is 19.3 Å². The molecule has 5 nitrogen and oxygen atoms in total. The molecular formula is C25H25N2O3S2+. The van der Waals surface area contributed by atoms with Gasteiger partial charge in [-0.25, -0.2) is 0 Å². The summed E-state index contributed by atoms with van der Waals surface area (Å²) >= 11 is 2.96. The van der Waals surface area contributed by atoms with Crippen molar-refractivity contribution in [1.82, 2.24) is 0 Å². The van der Waals surface area contributed by atoms with E-state index < -0.39 is 11.6 Å². The van der Waals surface area contributed by atoms with Crippen LogP contribution in [-0.4, -0.2) is 23.2 Å². The van der Waals surface area contributed by atoms with E-state index in [9.17, 15) is 14.7 Å². The number of aliphatic hydroxyl groups is 1. The van der Waals surface area contributed by atoms with Gasteiger partial charge in [0.25, 0.3) is 5.01 Å². The van der Waals surface area contributed by atoms with Gasteiger partial charge in [-0.05, 0) is 50.8 Å². The van der Waals surface area contributed by atoms with Crippen molar-refractivity contribution in [2.75, 3.05) is 11.4 Å². The maximum atomic E-state index is 13.2. The van der Waals surface area contributed by atoms with Gasteiger partial charge in [0.2, 0.25) is 17.3 Å². The molecule has 2 aliphatic carbocycles. The fourth-order valence-electron chi connectivity index (χ4n) is 4.59. The lowest BCUT2D eigenvalue weighted by Gasteiger charge is -2.19. The quantitative estimate of drug-likeness (QED) is 0.400. The number of nitrogens with zero attached hydrogens (tertiary/aromatic N) is 2. The molecule has 0 saturated carbocycles. The van der Waals surface area contributed by atoms with Crippen LogP contribution in [0.4, 0.5) is 5.69 Å². The van der Waals surface area contributed by atoms with Gasteiger partial charge in [-0.3, -0.25) is 9.59 Å². The molecule has 1 atom stereocenters. The van der Waals surface area contributed by atoms with E-state index in [2.05, 4.69) is 25.1 Å². The van der Waals surface area contributed by atoms with Crippen LogP contribution in [0.3, 0.4) is 0 Å². The van der Waals surface area contributed by atoms with Gasteiger partial charge in [-0.2, -0.15) is 4.57 Å². The third-order valence-electron chi connectivity index (χ3n) is 6.18. The molecule has 0 bridgehead atoms. The summed E-state index contributed by atoms with van der Waals surface area (Å²) in [5, 5.41) is 12.6. The zero-order valence-corrected chi connectivity index (χ0v) is 20.2. The Labute approximate surface area is 195 Å². The monoisotopic (exact) mass is 465 g/mol. The second-order valence-electron chi connectivity index (χ2n) is 8.38. The molecule has 0 amide bonds. The van der Waals surface area contributed by atoms with E-state index in [1.165, 1.54) is 28.0 Å². The first kappa shape index (κ1) is 21.2. The number of Topliss-reactive ketones (excluding diaryl/α,β-unsaturated/α-hetero) is 2. The molecule has 3 aliphatic rings. The number of thioether (sulfide) groups is 1. The second-order valence-corrected chi connectivity index (χ2v) is 10.5. The number of fused-ring (bicyclic) bond motifs is 2. The molecular weight excluding hydrogens is 440 g/mol. The SMILES string of the molecule is CCN1C(=C2C(=O)C(=O)C(c3sc4c([n+]3CC)C=CC(C)C4)=C2O)Sc2cc(C)ccc21. The molecule has 1 aromatic heterocycles. The summed E-state index contributed by atoms with van der Waals surface area (Å²) in [4.78, 5) is 30.6. The number of benzene rings is 1. The van der Waals surface area contributed by atoms with Crippen LogP contribution in [0.1, 0.15) is 41.9 Å². The summed E-state index contributed by atoms with van der Waals surface area (Å²) in [5.74, 6) is -1.01. The Hall–Kier alpha value is -2.64. The number of aryl methyl sites for hydroxylation is 1. The Morgan fingerprint density at radius 3 is 2.66 bits per heavy atom. The summed E-state index contributed by atoms with van der Waals surface area (Å²) in [6.07, 6.45) is 5.16. The Kier molecular flexibility index (Phi) is 5.13. The number of hydrogen-bond donors (Lipinski definition) is 1. The fourth-order valence-corrected chi connectivity index (χ4v) is 7.44. The summed E-state index contributed by atoms with van der Waals surface area (Å²) in [6.45, 7) is 9.51. The average molecular weight is 466 g/mol. The first-order valence-corrected chi connectivity index (χ1v) is 12.6. The largest absolute Gasteiger partial charge is 0.506 e. The second kappa shape index (κ2) is 7.74. The Morgan fingerprint density at radius 2 is 1.94 bits per heavy atom. The summed E-state index contributed by atoms with van der Waals surface area (Å²) < 4.78 is 2.05. The number of carbonyl (C=O) groups is 2. The summed E-state index contributed by atoms with van der Waals surface area (Å²) in [7, 11) is 0. The van der Waals surface area contributed by atoms with Gasteiger partial charge in [-0.1, -0.05) is 42.2 Å². The Balaban J connectivity index is 1.69. The van der Waals surface area contributed by atoms with Crippen molar-refractivity contribution in [2.45, 2.75) is 45.6 Å². The van der Waals surface area contributed by atoms with Crippen LogP contribution < -0.4 is 9.47 Å². The van der Waals surface area contributed by atoms with Crippen LogP contribution >= 0.6 is 23.1 Å². The molecule has 1 unspecified atom stereocenters. The Morgan fingerprint density at radius 1 is 1.19 bits per heavy atom. The lowest BCUT2D eigenvalue weighted by atomic mass is 10.00. The lowest BCUT2D eigenvalue weighted by molar-refractivity contribution is -0.692. The zero-order valence-electron chi connectivity index (χ0n) is 18.6. The number of hydrogen-bond acceptors (Lipinski definition) is 6. The van der Waals surface area contributed by atoms with Crippen LogP contribution in [0, 0.1) is 12.8 Å². The van der Waals surface area contributed by atoms with Crippen molar-refractivity contribution in [3.8, 4) is 0 Å². The molecule has 32 heavy (non-hydrogen) atoms. The minimum atomic E-state index is -0.624. The number of aromatic nitrogens is 1. The van der Waals surface area contributed by atoms with E-state index in [0.717, 1.165) is 28.3 Å².